The van der Waals surface area contributed by atoms with E-state index in [-0.39, 0.29) is 23.3 Å². The number of carbonyl (C=O) groups excluding carboxylic acids is 3. The van der Waals surface area contributed by atoms with Crippen molar-refractivity contribution < 1.29 is 19.1 Å². The number of nitrogens with one attached hydrogen (secondary N) is 3. The van der Waals surface area contributed by atoms with Crippen LogP contribution >= 0.6 is 0 Å². The Balaban J connectivity index is 1.42. The standard InChI is InChI=1S/C29H42N6O4/c1-39-24-9-7-21(8-10-24)17-25(34-28(38)32-14-11-23-19-31-20-33-23)27(37)35-15-12-29(13-16-35,18-26(30)36)22-5-3-2-4-6-22/h7-10,19-20,22,25H,2-6,11-18H2,1H3,(H2,30,36)(H,31,33)(H2,32,34,38). The van der Waals surface area contributed by atoms with E-state index in [0.29, 0.717) is 44.8 Å². The second-order valence-electron chi connectivity index (χ2n) is 11.0. The molecule has 212 valence electrons. The number of hydrogen-bond acceptors (Lipinski definition) is 5. The number of hydrogen-bond donors (Lipinski definition) is 4. The molecule has 1 saturated heterocycles. The zero-order valence-electron chi connectivity index (χ0n) is 22.9. The Morgan fingerprint density at radius 1 is 1.15 bits per heavy atom. The number of rotatable bonds is 11. The smallest absolute Gasteiger partial charge is 0.315 e. The van der Waals surface area contributed by atoms with E-state index >= 15 is 0 Å². The number of carbonyl (C=O) groups is 3. The van der Waals surface area contributed by atoms with E-state index in [9.17, 15) is 14.4 Å². The Bertz CT molecular complexity index is 1070. The first kappa shape index (κ1) is 28.4. The number of ether oxygens (including phenoxy) is 1. The minimum absolute atomic E-state index is 0.106. The van der Waals surface area contributed by atoms with Gasteiger partial charge in [0.25, 0.3) is 0 Å². The van der Waals surface area contributed by atoms with Gasteiger partial charge in [-0.1, -0.05) is 31.4 Å². The quantitative estimate of drug-likeness (QED) is 0.348. The Labute approximate surface area is 230 Å². The van der Waals surface area contributed by atoms with E-state index in [1.807, 2.05) is 29.2 Å². The fourth-order valence-electron chi connectivity index (χ4n) is 6.32. The summed E-state index contributed by atoms with van der Waals surface area (Å²) in [7, 11) is 1.61. The summed E-state index contributed by atoms with van der Waals surface area (Å²) in [6.07, 6.45) is 12.1. The minimum Gasteiger partial charge on any atom is -0.497 e. The summed E-state index contributed by atoms with van der Waals surface area (Å²) in [6.45, 7) is 1.54. The molecule has 2 aromatic rings. The molecule has 2 fully saturated rings. The minimum atomic E-state index is -0.719. The normalized spacial score (nSPS) is 18.2. The van der Waals surface area contributed by atoms with Crippen LogP contribution in [0, 0.1) is 11.3 Å². The molecule has 5 N–H and O–H groups in total. The van der Waals surface area contributed by atoms with Gasteiger partial charge in [0.1, 0.15) is 11.8 Å². The molecule has 1 aromatic carbocycles. The maximum absolute atomic E-state index is 13.8. The molecule has 0 bridgehead atoms. The molecule has 2 heterocycles. The van der Waals surface area contributed by atoms with Crippen LogP contribution < -0.4 is 21.1 Å². The van der Waals surface area contributed by atoms with Crippen molar-refractivity contribution in [2.24, 2.45) is 17.1 Å². The molecular formula is C29H42N6O4. The summed E-state index contributed by atoms with van der Waals surface area (Å²) in [5, 5.41) is 5.77. The Morgan fingerprint density at radius 3 is 2.49 bits per heavy atom. The molecule has 0 spiro atoms. The van der Waals surface area contributed by atoms with Crippen LogP contribution in [0.15, 0.2) is 36.8 Å². The van der Waals surface area contributed by atoms with Crippen LogP contribution in [0.25, 0.3) is 0 Å². The van der Waals surface area contributed by atoms with Crippen molar-refractivity contribution in [2.75, 3.05) is 26.7 Å². The Hall–Kier alpha value is -3.56. The number of aromatic nitrogens is 2. The lowest BCUT2D eigenvalue weighted by Gasteiger charge is -2.48. The van der Waals surface area contributed by atoms with Crippen LogP contribution in [-0.4, -0.2) is 65.5 Å². The number of methoxy groups -OCH3 is 1. The van der Waals surface area contributed by atoms with Gasteiger partial charge in [-0.25, -0.2) is 9.78 Å². The molecule has 10 nitrogen and oxygen atoms in total. The van der Waals surface area contributed by atoms with E-state index in [0.717, 1.165) is 42.7 Å². The molecule has 1 atom stereocenters. The van der Waals surface area contributed by atoms with Crippen LogP contribution in [-0.2, 0) is 22.4 Å². The predicted octanol–water partition coefficient (Wildman–Crippen LogP) is 2.94. The van der Waals surface area contributed by atoms with E-state index in [1.165, 1.54) is 19.3 Å². The molecule has 10 heteroatoms. The monoisotopic (exact) mass is 538 g/mol. The van der Waals surface area contributed by atoms with Gasteiger partial charge in [-0.05, 0) is 54.7 Å². The van der Waals surface area contributed by atoms with Crippen LogP contribution in [0.5, 0.6) is 5.75 Å². The second kappa shape index (κ2) is 13.5. The average Bonchev–Trinajstić information content (AvgIpc) is 3.47. The number of nitrogens with two attached hydrogens (primary N) is 1. The van der Waals surface area contributed by atoms with Crippen molar-refractivity contribution in [3.8, 4) is 5.75 Å². The number of imidazole rings is 1. The van der Waals surface area contributed by atoms with Crippen molar-refractivity contribution in [3.63, 3.8) is 0 Å². The van der Waals surface area contributed by atoms with Gasteiger partial charge in [0.05, 0.1) is 13.4 Å². The number of urea groups is 1. The number of likely N-dealkylation sites (tertiary alicyclic amines) is 1. The number of primary amides is 1. The maximum Gasteiger partial charge on any atom is 0.315 e. The van der Waals surface area contributed by atoms with Gasteiger partial charge in [0.2, 0.25) is 11.8 Å². The zero-order chi connectivity index (χ0) is 27.7. The summed E-state index contributed by atoms with van der Waals surface area (Å²) in [6, 6.07) is 6.42. The maximum atomic E-state index is 13.8. The SMILES string of the molecule is COc1ccc(CC(NC(=O)NCCc2cnc[nH]2)C(=O)N2CCC(CC(N)=O)(C3CCCCC3)CC2)cc1. The van der Waals surface area contributed by atoms with Gasteiger partial charge >= 0.3 is 6.03 Å². The molecule has 39 heavy (non-hydrogen) atoms. The van der Waals surface area contributed by atoms with E-state index < -0.39 is 6.04 Å². The fourth-order valence-corrected chi connectivity index (χ4v) is 6.32. The highest BCUT2D eigenvalue weighted by atomic mass is 16.5. The van der Waals surface area contributed by atoms with Crippen LogP contribution in [0.3, 0.4) is 0 Å². The highest BCUT2D eigenvalue weighted by Crippen LogP contribution is 2.48. The first-order valence-electron chi connectivity index (χ1n) is 14.1. The van der Waals surface area contributed by atoms with Gasteiger partial charge < -0.3 is 31.0 Å². The van der Waals surface area contributed by atoms with Crippen molar-refractivity contribution in [1.29, 1.82) is 0 Å². The Morgan fingerprint density at radius 2 is 1.87 bits per heavy atom. The summed E-state index contributed by atoms with van der Waals surface area (Å²) in [5.74, 6) is 0.845. The van der Waals surface area contributed by atoms with Gasteiger partial charge in [0, 0.05) is 50.8 Å². The molecule has 1 aliphatic heterocycles. The number of benzene rings is 1. The van der Waals surface area contributed by atoms with Crippen LogP contribution in [0.1, 0.15) is 62.6 Å². The van der Waals surface area contributed by atoms with Crippen molar-refractivity contribution >= 4 is 17.8 Å². The molecule has 1 aromatic heterocycles. The predicted molar refractivity (Wildman–Crippen MR) is 148 cm³/mol. The average molecular weight is 539 g/mol. The number of amides is 4. The number of piperidine rings is 1. The van der Waals surface area contributed by atoms with Gasteiger partial charge in [-0.2, -0.15) is 0 Å². The van der Waals surface area contributed by atoms with Crippen molar-refractivity contribution in [1.82, 2.24) is 25.5 Å². The van der Waals surface area contributed by atoms with Gasteiger partial charge in [0.15, 0.2) is 0 Å². The summed E-state index contributed by atoms with van der Waals surface area (Å²) >= 11 is 0. The number of aromatic amines is 1. The van der Waals surface area contributed by atoms with Crippen molar-refractivity contribution in [2.45, 2.75) is 70.3 Å². The van der Waals surface area contributed by atoms with Crippen molar-refractivity contribution in [3.05, 3.63) is 48.0 Å². The Kier molecular flexibility index (Phi) is 9.84. The third kappa shape index (κ3) is 7.74. The van der Waals surface area contributed by atoms with Gasteiger partial charge in [-0.15, -0.1) is 0 Å². The molecule has 2 aliphatic rings. The molecule has 4 rings (SSSR count). The topological polar surface area (TPSA) is 142 Å². The van der Waals surface area contributed by atoms with E-state index in [2.05, 4.69) is 20.6 Å². The lowest BCUT2D eigenvalue weighted by atomic mass is 9.62. The molecule has 1 unspecified atom stereocenters. The number of H-pyrrole nitrogens is 1. The largest absolute Gasteiger partial charge is 0.497 e. The summed E-state index contributed by atoms with van der Waals surface area (Å²) in [4.78, 5) is 47.5. The molecule has 1 aliphatic carbocycles. The zero-order valence-corrected chi connectivity index (χ0v) is 22.9. The lowest BCUT2D eigenvalue weighted by molar-refractivity contribution is -0.137. The third-order valence-corrected chi connectivity index (χ3v) is 8.51. The first-order chi connectivity index (χ1) is 18.9. The fraction of sp³-hybridized carbons (Fsp3) is 0.586. The van der Waals surface area contributed by atoms with E-state index in [4.69, 9.17) is 10.5 Å². The molecular weight excluding hydrogens is 496 g/mol. The summed E-state index contributed by atoms with van der Waals surface area (Å²) in [5.41, 5.74) is 7.42. The van der Waals surface area contributed by atoms with E-state index in [1.54, 1.807) is 19.6 Å². The highest BCUT2D eigenvalue weighted by molar-refractivity contribution is 5.87. The van der Waals surface area contributed by atoms with Crippen LogP contribution in [0.4, 0.5) is 4.79 Å². The summed E-state index contributed by atoms with van der Waals surface area (Å²) < 4.78 is 5.26. The van der Waals surface area contributed by atoms with Crippen LogP contribution in [0.2, 0.25) is 0 Å². The first-order valence-corrected chi connectivity index (χ1v) is 14.1. The lowest BCUT2D eigenvalue weighted by Crippen LogP contribution is -2.55. The molecule has 1 saturated carbocycles. The molecule has 4 amide bonds. The number of nitrogens with zero attached hydrogens (tertiary/aromatic N) is 2. The highest BCUT2D eigenvalue weighted by Gasteiger charge is 2.44. The molecule has 0 radical (unpaired) electrons. The second-order valence-corrected chi connectivity index (χ2v) is 11.0. The third-order valence-electron chi connectivity index (χ3n) is 8.51. The van der Waals surface area contributed by atoms with Gasteiger partial charge in [-0.3, -0.25) is 9.59 Å².